The number of hydrogen-bond donors (Lipinski definition) is 0. The molecule has 1 aromatic rings. The number of carbonyl (C=O) groups excluding carboxylic acids is 1. The first-order chi connectivity index (χ1) is 6.09. The van der Waals surface area contributed by atoms with E-state index in [0.29, 0.717) is 6.07 Å². The minimum absolute atomic E-state index is 0.120. The van der Waals surface area contributed by atoms with E-state index in [0.717, 1.165) is 6.07 Å². The Labute approximate surface area is 72.2 Å². The molecule has 4 heteroatoms. The second-order valence-corrected chi connectivity index (χ2v) is 2.96. The number of benzene rings is 1. The van der Waals surface area contributed by atoms with Gasteiger partial charge in [0.2, 0.25) is 0 Å². The summed E-state index contributed by atoms with van der Waals surface area (Å²) in [6.45, 7) is 0. The van der Waals surface area contributed by atoms with Gasteiger partial charge in [0.15, 0.2) is 12.0 Å². The van der Waals surface area contributed by atoms with Crippen LogP contribution in [-0.4, -0.2) is 12.0 Å². The summed E-state index contributed by atoms with van der Waals surface area (Å²) in [6, 6.07) is 1.59. The summed E-state index contributed by atoms with van der Waals surface area (Å²) in [4.78, 5) is 11.0. The van der Waals surface area contributed by atoms with Gasteiger partial charge >= 0.3 is 0 Å². The normalized spacial score (nSPS) is 20.5. The van der Waals surface area contributed by atoms with Crippen LogP contribution in [0.15, 0.2) is 12.1 Å². The van der Waals surface area contributed by atoms with Gasteiger partial charge in [-0.25, -0.2) is 13.2 Å². The molecule has 0 amide bonds. The molecule has 1 aromatic carbocycles. The zero-order valence-corrected chi connectivity index (χ0v) is 6.48. The van der Waals surface area contributed by atoms with Gasteiger partial charge in [-0.05, 0) is 11.6 Å². The molecule has 0 N–H and O–H groups in total. The largest absolute Gasteiger partial charge is 0.291 e. The molecule has 0 fully saturated rings. The van der Waals surface area contributed by atoms with E-state index in [1.807, 2.05) is 0 Å². The Morgan fingerprint density at radius 1 is 1.31 bits per heavy atom. The van der Waals surface area contributed by atoms with Crippen LogP contribution in [0.2, 0.25) is 0 Å². The van der Waals surface area contributed by atoms with Crippen molar-refractivity contribution in [3.05, 3.63) is 34.9 Å². The van der Waals surface area contributed by atoms with Crippen molar-refractivity contribution in [2.45, 2.75) is 12.6 Å². The monoisotopic (exact) mass is 186 g/mol. The Balaban J connectivity index is 2.64. The Morgan fingerprint density at radius 2 is 2.00 bits per heavy atom. The summed E-state index contributed by atoms with van der Waals surface area (Å²) in [5, 5.41) is 0. The molecule has 0 heterocycles. The lowest BCUT2D eigenvalue weighted by Crippen LogP contribution is -2.09. The number of hydrogen-bond acceptors (Lipinski definition) is 1. The number of Topliss-reactive ketones (excluding diaryl/α,β-unsaturated/α-hetero) is 1. The predicted molar refractivity (Wildman–Crippen MR) is 39.3 cm³/mol. The third-order valence-electron chi connectivity index (χ3n) is 2.07. The summed E-state index contributed by atoms with van der Waals surface area (Å²) in [7, 11) is 0. The van der Waals surface area contributed by atoms with Gasteiger partial charge in [0.05, 0.1) is 5.56 Å². The molecule has 0 spiro atoms. The van der Waals surface area contributed by atoms with Gasteiger partial charge < -0.3 is 0 Å². The lowest BCUT2D eigenvalue weighted by atomic mass is 10.1. The number of fused-ring (bicyclic) bond motifs is 1. The SMILES string of the molecule is O=C1c2c(F)cc(F)cc2CC1F. The van der Waals surface area contributed by atoms with Crippen LogP contribution in [0, 0.1) is 11.6 Å². The van der Waals surface area contributed by atoms with Gasteiger partial charge in [0.25, 0.3) is 0 Å². The Morgan fingerprint density at radius 3 is 2.69 bits per heavy atom. The topological polar surface area (TPSA) is 17.1 Å². The molecule has 0 aromatic heterocycles. The highest BCUT2D eigenvalue weighted by atomic mass is 19.1. The molecule has 13 heavy (non-hydrogen) atoms. The van der Waals surface area contributed by atoms with Crippen molar-refractivity contribution in [1.29, 1.82) is 0 Å². The van der Waals surface area contributed by atoms with E-state index in [2.05, 4.69) is 0 Å². The second kappa shape index (κ2) is 2.58. The van der Waals surface area contributed by atoms with Gasteiger partial charge in [-0.2, -0.15) is 0 Å². The smallest absolute Gasteiger partial charge is 0.200 e. The maximum absolute atomic E-state index is 12.9. The zero-order chi connectivity index (χ0) is 9.59. The van der Waals surface area contributed by atoms with E-state index in [4.69, 9.17) is 0 Å². The summed E-state index contributed by atoms with van der Waals surface area (Å²) < 4.78 is 38.3. The number of ketones is 1. The van der Waals surface area contributed by atoms with E-state index in [-0.39, 0.29) is 17.5 Å². The number of alkyl halides is 1. The highest BCUT2D eigenvalue weighted by Crippen LogP contribution is 2.27. The van der Waals surface area contributed by atoms with E-state index in [9.17, 15) is 18.0 Å². The minimum atomic E-state index is -1.72. The average Bonchev–Trinajstić information content (AvgIpc) is 2.27. The summed E-state index contributed by atoms with van der Waals surface area (Å²) in [5.41, 5.74) is -0.177. The van der Waals surface area contributed by atoms with Gasteiger partial charge in [0.1, 0.15) is 11.6 Å². The number of halogens is 3. The van der Waals surface area contributed by atoms with E-state index < -0.39 is 23.6 Å². The molecule has 1 aliphatic carbocycles. The van der Waals surface area contributed by atoms with E-state index in [1.165, 1.54) is 0 Å². The highest BCUT2D eigenvalue weighted by Gasteiger charge is 2.33. The molecule has 0 bridgehead atoms. The summed E-state index contributed by atoms with van der Waals surface area (Å²) in [5.74, 6) is -2.63. The van der Waals surface area contributed by atoms with Crippen molar-refractivity contribution in [2.75, 3.05) is 0 Å². The van der Waals surface area contributed by atoms with Crippen LogP contribution in [0.25, 0.3) is 0 Å². The third kappa shape index (κ3) is 1.13. The molecule has 0 aliphatic heterocycles. The van der Waals surface area contributed by atoms with Crippen LogP contribution in [0.3, 0.4) is 0 Å². The number of carbonyl (C=O) groups is 1. The summed E-state index contributed by atoms with van der Waals surface area (Å²) >= 11 is 0. The molecule has 1 unspecified atom stereocenters. The first-order valence-corrected chi connectivity index (χ1v) is 3.76. The Bertz CT molecular complexity index is 387. The third-order valence-corrected chi connectivity index (χ3v) is 2.07. The lowest BCUT2D eigenvalue weighted by Gasteiger charge is -1.98. The quantitative estimate of drug-likeness (QED) is 0.606. The predicted octanol–water partition coefficient (Wildman–Crippen LogP) is 2.04. The Kier molecular flexibility index (Phi) is 1.65. The molecule has 1 atom stereocenters. The summed E-state index contributed by atoms with van der Waals surface area (Å²) in [6.07, 6.45) is -1.94. The van der Waals surface area contributed by atoms with Crippen LogP contribution < -0.4 is 0 Å². The van der Waals surface area contributed by atoms with Gasteiger partial charge in [0, 0.05) is 12.5 Å². The highest BCUT2D eigenvalue weighted by molar-refractivity contribution is 6.04. The fourth-order valence-corrected chi connectivity index (χ4v) is 1.51. The van der Waals surface area contributed by atoms with Crippen LogP contribution in [0.5, 0.6) is 0 Å². The fraction of sp³-hybridized carbons (Fsp3) is 0.222. The first kappa shape index (κ1) is 8.29. The molecule has 68 valence electrons. The van der Waals surface area contributed by atoms with Crippen molar-refractivity contribution >= 4 is 5.78 Å². The molecular weight excluding hydrogens is 181 g/mol. The van der Waals surface area contributed by atoms with Crippen molar-refractivity contribution < 1.29 is 18.0 Å². The molecule has 0 radical (unpaired) electrons. The van der Waals surface area contributed by atoms with Crippen LogP contribution >= 0.6 is 0 Å². The standard InChI is InChI=1S/C9H5F3O/c10-5-1-4-2-7(12)9(13)8(4)6(11)3-5/h1,3,7H,2H2. The Hall–Kier alpha value is -1.32. The van der Waals surface area contributed by atoms with Crippen molar-refractivity contribution in [1.82, 2.24) is 0 Å². The maximum Gasteiger partial charge on any atom is 0.200 e. The minimum Gasteiger partial charge on any atom is -0.291 e. The maximum atomic E-state index is 12.9. The molecule has 0 saturated heterocycles. The van der Waals surface area contributed by atoms with Crippen LogP contribution in [0.1, 0.15) is 15.9 Å². The second-order valence-electron chi connectivity index (χ2n) is 2.96. The first-order valence-electron chi connectivity index (χ1n) is 3.76. The van der Waals surface area contributed by atoms with E-state index in [1.54, 1.807) is 0 Å². The van der Waals surface area contributed by atoms with Crippen molar-refractivity contribution in [2.24, 2.45) is 0 Å². The van der Waals surface area contributed by atoms with Gasteiger partial charge in [-0.3, -0.25) is 4.79 Å². The van der Waals surface area contributed by atoms with E-state index >= 15 is 0 Å². The average molecular weight is 186 g/mol. The number of rotatable bonds is 0. The van der Waals surface area contributed by atoms with Gasteiger partial charge in [-0.1, -0.05) is 0 Å². The molecule has 1 aliphatic rings. The molecule has 2 rings (SSSR count). The van der Waals surface area contributed by atoms with Crippen molar-refractivity contribution in [3.63, 3.8) is 0 Å². The zero-order valence-electron chi connectivity index (χ0n) is 6.48. The molecule has 1 nitrogen and oxygen atoms in total. The van der Waals surface area contributed by atoms with Crippen LogP contribution in [-0.2, 0) is 6.42 Å². The molecule has 0 saturated carbocycles. The fourth-order valence-electron chi connectivity index (χ4n) is 1.51. The van der Waals surface area contributed by atoms with Crippen LogP contribution in [0.4, 0.5) is 13.2 Å². The lowest BCUT2D eigenvalue weighted by molar-refractivity contribution is 0.0895. The van der Waals surface area contributed by atoms with Crippen molar-refractivity contribution in [3.8, 4) is 0 Å². The van der Waals surface area contributed by atoms with Gasteiger partial charge in [-0.15, -0.1) is 0 Å². The molecular formula is C9H5F3O.